The summed E-state index contributed by atoms with van der Waals surface area (Å²) in [5, 5.41) is 3.59. The third-order valence-electron chi connectivity index (χ3n) is 4.95. The number of benzene rings is 2. The Morgan fingerprint density at radius 2 is 1.71 bits per heavy atom. The lowest BCUT2D eigenvalue weighted by atomic mass is 10.1. The fourth-order valence-electron chi connectivity index (χ4n) is 3.11. The molecule has 0 spiro atoms. The lowest BCUT2D eigenvalue weighted by molar-refractivity contribution is -0.140. The molecule has 0 aliphatic carbocycles. The first-order chi connectivity index (χ1) is 14.9. The van der Waals surface area contributed by atoms with Gasteiger partial charge in [-0.3, -0.25) is 9.59 Å². The van der Waals surface area contributed by atoms with Crippen LogP contribution in [0.4, 0.5) is 0 Å². The van der Waals surface area contributed by atoms with Crippen LogP contribution in [0.2, 0.25) is 5.02 Å². The molecule has 168 valence electrons. The molecule has 0 aliphatic rings. The third-order valence-corrected chi connectivity index (χ3v) is 5.21. The Bertz CT molecular complexity index is 809. The second kappa shape index (κ2) is 13.0. The zero-order chi connectivity index (χ0) is 22.6. The highest BCUT2D eigenvalue weighted by molar-refractivity contribution is 6.30. The zero-order valence-corrected chi connectivity index (χ0v) is 19.4. The minimum absolute atomic E-state index is 0.0390. The smallest absolute Gasteiger partial charge is 0.242 e. The molecule has 2 aromatic rings. The number of carbonyl (C=O) groups excluding carboxylic acids is 2. The van der Waals surface area contributed by atoms with Crippen LogP contribution in [-0.2, 0) is 16.0 Å². The summed E-state index contributed by atoms with van der Waals surface area (Å²) in [7, 11) is 0. The van der Waals surface area contributed by atoms with Gasteiger partial charge in [0.2, 0.25) is 11.8 Å². The summed E-state index contributed by atoms with van der Waals surface area (Å²) in [6.07, 6.45) is 1.60. The van der Waals surface area contributed by atoms with Crippen LogP contribution in [0, 0.1) is 5.92 Å². The van der Waals surface area contributed by atoms with Gasteiger partial charge in [-0.1, -0.05) is 55.8 Å². The number of hydrogen-bond acceptors (Lipinski definition) is 3. The first-order valence-electron chi connectivity index (χ1n) is 10.9. The molecule has 31 heavy (non-hydrogen) atoms. The minimum Gasteiger partial charge on any atom is -0.494 e. The number of rotatable bonds is 12. The van der Waals surface area contributed by atoms with E-state index in [9.17, 15) is 9.59 Å². The highest BCUT2D eigenvalue weighted by Gasteiger charge is 2.25. The van der Waals surface area contributed by atoms with E-state index in [1.54, 1.807) is 36.1 Å². The maximum absolute atomic E-state index is 13.0. The Morgan fingerprint density at radius 3 is 2.35 bits per heavy atom. The van der Waals surface area contributed by atoms with E-state index in [4.69, 9.17) is 16.3 Å². The van der Waals surface area contributed by atoms with Gasteiger partial charge in [0.1, 0.15) is 11.8 Å². The van der Waals surface area contributed by atoms with Gasteiger partial charge in [-0.15, -0.1) is 0 Å². The molecule has 0 fully saturated rings. The lowest BCUT2D eigenvalue weighted by Crippen LogP contribution is -2.49. The van der Waals surface area contributed by atoms with E-state index in [1.165, 1.54) is 0 Å². The molecule has 2 aromatic carbocycles. The number of hydrogen-bond donors (Lipinski definition) is 1. The summed E-state index contributed by atoms with van der Waals surface area (Å²) < 4.78 is 5.68. The molecule has 0 unspecified atom stereocenters. The van der Waals surface area contributed by atoms with Gasteiger partial charge in [0.15, 0.2) is 0 Å². The molecule has 0 aliphatic heterocycles. The van der Waals surface area contributed by atoms with Crippen molar-refractivity contribution in [3.8, 4) is 5.75 Å². The molecular formula is C25H33ClN2O3. The number of nitrogens with one attached hydrogen (secondary N) is 1. The van der Waals surface area contributed by atoms with Crippen LogP contribution >= 0.6 is 11.6 Å². The molecule has 1 N–H and O–H groups in total. The van der Waals surface area contributed by atoms with Gasteiger partial charge in [-0.2, -0.15) is 0 Å². The Kier molecular flexibility index (Phi) is 10.4. The van der Waals surface area contributed by atoms with E-state index < -0.39 is 6.04 Å². The SMILES string of the molecule is CC(C)CNC(=O)[C@@H](C)N(CCc1ccccc1)C(=O)CCCOc1ccc(Cl)cc1. The van der Waals surface area contributed by atoms with Gasteiger partial charge in [0.05, 0.1) is 6.61 Å². The first-order valence-corrected chi connectivity index (χ1v) is 11.2. The van der Waals surface area contributed by atoms with Gasteiger partial charge in [-0.05, 0) is 55.5 Å². The maximum atomic E-state index is 13.0. The first kappa shape index (κ1) is 24.7. The standard InChI is InChI=1S/C25H33ClN2O3/c1-19(2)18-27-25(30)20(3)28(16-15-21-8-5-4-6-9-21)24(29)10-7-17-31-23-13-11-22(26)12-14-23/h4-6,8-9,11-14,19-20H,7,10,15-18H2,1-3H3,(H,27,30)/t20-/m1/s1. The average Bonchev–Trinajstić information content (AvgIpc) is 2.77. The molecule has 0 heterocycles. The largest absolute Gasteiger partial charge is 0.494 e. The molecule has 2 rings (SSSR count). The van der Waals surface area contributed by atoms with Crippen LogP contribution in [0.1, 0.15) is 39.2 Å². The highest BCUT2D eigenvalue weighted by atomic mass is 35.5. The predicted octanol–water partition coefficient (Wildman–Crippen LogP) is 4.73. The van der Waals surface area contributed by atoms with Crippen LogP contribution in [0.25, 0.3) is 0 Å². The normalized spacial score (nSPS) is 11.8. The van der Waals surface area contributed by atoms with Crippen LogP contribution < -0.4 is 10.1 Å². The van der Waals surface area contributed by atoms with Gasteiger partial charge >= 0.3 is 0 Å². The minimum atomic E-state index is -0.521. The van der Waals surface area contributed by atoms with E-state index in [0.717, 1.165) is 11.3 Å². The van der Waals surface area contributed by atoms with Gasteiger partial charge in [-0.25, -0.2) is 0 Å². The van der Waals surface area contributed by atoms with Crippen LogP contribution in [0.15, 0.2) is 54.6 Å². The molecule has 1 atom stereocenters. The molecular weight excluding hydrogens is 412 g/mol. The number of halogens is 1. The second-order valence-corrected chi connectivity index (χ2v) is 8.48. The van der Waals surface area contributed by atoms with Crippen molar-refractivity contribution in [3.63, 3.8) is 0 Å². The van der Waals surface area contributed by atoms with Crippen molar-refractivity contribution in [2.45, 2.75) is 46.1 Å². The number of ether oxygens (including phenoxy) is 1. The summed E-state index contributed by atoms with van der Waals surface area (Å²) in [5.41, 5.74) is 1.14. The van der Waals surface area contributed by atoms with Crippen molar-refractivity contribution in [3.05, 3.63) is 65.2 Å². The van der Waals surface area contributed by atoms with E-state index in [-0.39, 0.29) is 11.8 Å². The quantitative estimate of drug-likeness (QED) is 0.481. The van der Waals surface area contributed by atoms with Crippen molar-refractivity contribution < 1.29 is 14.3 Å². The Labute approximate surface area is 190 Å². The fourth-order valence-corrected chi connectivity index (χ4v) is 3.24. The predicted molar refractivity (Wildman–Crippen MR) is 125 cm³/mol. The fraction of sp³-hybridized carbons (Fsp3) is 0.440. The van der Waals surface area contributed by atoms with Crippen molar-refractivity contribution in [2.75, 3.05) is 19.7 Å². The summed E-state index contributed by atoms with van der Waals surface area (Å²) in [6.45, 7) is 7.40. The molecule has 0 saturated carbocycles. The zero-order valence-electron chi connectivity index (χ0n) is 18.6. The number of nitrogens with zero attached hydrogens (tertiary/aromatic N) is 1. The lowest BCUT2D eigenvalue weighted by Gasteiger charge is -2.29. The second-order valence-electron chi connectivity index (χ2n) is 8.04. The topological polar surface area (TPSA) is 58.6 Å². The van der Waals surface area contributed by atoms with Crippen LogP contribution in [0.5, 0.6) is 5.75 Å². The third kappa shape index (κ3) is 9.01. The molecule has 5 nitrogen and oxygen atoms in total. The molecule has 0 radical (unpaired) electrons. The summed E-state index contributed by atoms with van der Waals surface area (Å²) in [4.78, 5) is 27.3. The van der Waals surface area contributed by atoms with E-state index in [2.05, 4.69) is 5.32 Å². The Hall–Kier alpha value is -2.53. The van der Waals surface area contributed by atoms with Crippen molar-refractivity contribution >= 4 is 23.4 Å². The van der Waals surface area contributed by atoms with Gasteiger partial charge in [0.25, 0.3) is 0 Å². The molecule has 0 aromatic heterocycles. The summed E-state index contributed by atoms with van der Waals surface area (Å²) in [5.74, 6) is 0.921. The van der Waals surface area contributed by atoms with Crippen LogP contribution in [-0.4, -0.2) is 42.5 Å². The van der Waals surface area contributed by atoms with Crippen molar-refractivity contribution in [2.24, 2.45) is 5.92 Å². The molecule has 0 saturated heterocycles. The maximum Gasteiger partial charge on any atom is 0.242 e. The van der Waals surface area contributed by atoms with E-state index in [0.29, 0.717) is 49.9 Å². The van der Waals surface area contributed by atoms with Crippen LogP contribution in [0.3, 0.4) is 0 Å². The van der Waals surface area contributed by atoms with E-state index in [1.807, 2.05) is 44.2 Å². The van der Waals surface area contributed by atoms with Crippen molar-refractivity contribution in [1.29, 1.82) is 0 Å². The summed E-state index contributed by atoms with van der Waals surface area (Å²) >= 11 is 5.88. The highest BCUT2D eigenvalue weighted by Crippen LogP contribution is 2.16. The summed E-state index contributed by atoms with van der Waals surface area (Å²) in [6, 6.07) is 16.6. The molecule has 2 amide bonds. The average molecular weight is 445 g/mol. The molecule has 0 bridgehead atoms. The number of carbonyl (C=O) groups is 2. The number of amides is 2. The Morgan fingerprint density at radius 1 is 1.03 bits per heavy atom. The monoisotopic (exact) mass is 444 g/mol. The van der Waals surface area contributed by atoms with Crippen molar-refractivity contribution in [1.82, 2.24) is 10.2 Å². The van der Waals surface area contributed by atoms with Gasteiger partial charge < -0.3 is 15.0 Å². The molecule has 6 heteroatoms. The Balaban J connectivity index is 1.92. The van der Waals surface area contributed by atoms with E-state index >= 15 is 0 Å². The van der Waals surface area contributed by atoms with Gasteiger partial charge in [0, 0.05) is 24.5 Å².